The minimum absolute atomic E-state index is 0.320. The van der Waals surface area contributed by atoms with Crippen molar-refractivity contribution in [2.45, 2.75) is 58.2 Å². The zero-order valence-electron chi connectivity index (χ0n) is 12.7. The molecule has 1 heterocycles. The van der Waals surface area contributed by atoms with Gasteiger partial charge in [0.25, 0.3) is 0 Å². The third-order valence-corrected chi connectivity index (χ3v) is 4.56. The average Bonchev–Trinajstić information content (AvgIpc) is 2.42. The molecule has 0 amide bonds. The van der Waals surface area contributed by atoms with Crippen molar-refractivity contribution in [3.63, 3.8) is 0 Å². The Bertz CT molecular complexity index is 450. The maximum Gasteiger partial charge on any atom is 0.111 e. The van der Waals surface area contributed by atoms with E-state index >= 15 is 0 Å². The van der Waals surface area contributed by atoms with E-state index in [9.17, 15) is 5.11 Å². The van der Waals surface area contributed by atoms with Crippen molar-refractivity contribution in [2.75, 3.05) is 12.3 Å². The number of hydrogen-bond acceptors (Lipinski definition) is 4. The van der Waals surface area contributed by atoms with Crippen LogP contribution in [-0.2, 0) is 4.74 Å². The van der Waals surface area contributed by atoms with E-state index in [1.54, 1.807) is 18.5 Å². The molecule has 4 heteroatoms. The van der Waals surface area contributed by atoms with E-state index < -0.39 is 11.7 Å². The predicted octanol–water partition coefficient (Wildman–Crippen LogP) is 3.07. The summed E-state index contributed by atoms with van der Waals surface area (Å²) in [6.45, 7) is 7.11. The van der Waals surface area contributed by atoms with Crippen LogP contribution in [0.5, 0.6) is 0 Å². The molecule has 1 fully saturated rings. The quantitative estimate of drug-likeness (QED) is 0.888. The lowest BCUT2D eigenvalue weighted by atomic mass is 9.68. The number of aliphatic hydroxyl groups excluding tert-OH is 1. The lowest BCUT2D eigenvalue weighted by molar-refractivity contribution is -0.153. The Morgan fingerprint density at radius 2 is 2.00 bits per heavy atom. The van der Waals surface area contributed by atoms with Crippen molar-refractivity contribution in [3.05, 3.63) is 24.0 Å². The van der Waals surface area contributed by atoms with E-state index in [2.05, 4.69) is 18.8 Å². The van der Waals surface area contributed by atoms with E-state index in [0.717, 1.165) is 25.7 Å². The molecule has 3 N–H and O–H groups in total. The van der Waals surface area contributed by atoms with Crippen LogP contribution in [0, 0.1) is 5.41 Å². The standard InChI is InChI=1S/C16H26N2O2/c1-4-20-16(8-6-15(2,3)7-9-16)14(19)12-11-18-10-5-13(12)17/h5,10-11,14,19H,4,6-9H2,1-3H3,(H2,17,18). The first-order valence-electron chi connectivity index (χ1n) is 7.42. The highest BCUT2D eigenvalue weighted by Crippen LogP contribution is 2.48. The number of hydrogen-bond donors (Lipinski definition) is 2. The predicted molar refractivity (Wildman–Crippen MR) is 80.2 cm³/mol. The third kappa shape index (κ3) is 2.96. The van der Waals surface area contributed by atoms with Gasteiger partial charge >= 0.3 is 0 Å². The van der Waals surface area contributed by atoms with Crippen LogP contribution in [0.4, 0.5) is 5.69 Å². The minimum Gasteiger partial charge on any atom is -0.398 e. The molecule has 1 aromatic heterocycles. The molecule has 1 aliphatic rings. The Kier molecular flexibility index (Phi) is 4.35. The second-order valence-electron chi connectivity index (χ2n) is 6.57. The van der Waals surface area contributed by atoms with E-state index in [0.29, 0.717) is 23.3 Å². The molecule has 1 aliphatic carbocycles. The molecule has 1 saturated carbocycles. The van der Waals surface area contributed by atoms with E-state index in [1.165, 1.54) is 0 Å². The molecule has 0 saturated heterocycles. The summed E-state index contributed by atoms with van der Waals surface area (Å²) in [5.41, 5.74) is 7.04. The highest BCUT2D eigenvalue weighted by atomic mass is 16.5. The SMILES string of the molecule is CCOC1(C(O)c2cnccc2N)CCC(C)(C)CC1. The smallest absolute Gasteiger partial charge is 0.111 e. The summed E-state index contributed by atoms with van der Waals surface area (Å²) >= 11 is 0. The average molecular weight is 278 g/mol. The lowest BCUT2D eigenvalue weighted by Crippen LogP contribution is -2.45. The number of nitrogens with two attached hydrogens (primary N) is 1. The molecule has 0 spiro atoms. The molecular formula is C16H26N2O2. The first-order valence-corrected chi connectivity index (χ1v) is 7.42. The molecule has 0 radical (unpaired) electrons. The van der Waals surface area contributed by atoms with Gasteiger partial charge in [-0.15, -0.1) is 0 Å². The third-order valence-electron chi connectivity index (χ3n) is 4.56. The molecule has 20 heavy (non-hydrogen) atoms. The number of aromatic nitrogens is 1. The molecule has 4 nitrogen and oxygen atoms in total. The Balaban J connectivity index is 2.27. The Morgan fingerprint density at radius 3 is 2.55 bits per heavy atom. The van der Waals surface area contributed by atoms with Crippen molar-refractivity contribution in [1.29, 1.82) is 0 Å². The number of aliphatic hydroxyl groups is 1. The molecule has 1 atom stereocenters. The van der Waals surface area contributed by atoms with Gasteiger partial charge in [0.1, 0.15) is 6.10 Å². The molecule has 0 aliphatic heterocycles. The maximum atomic E-state index is 10.8. The first-order chi connectivity index (χ1) is 9.40. The Hall–Kier alpha value is -1.13. The second kappa shape index (κ2) is 5.70. The lowest BCUT2D eigenvalue weighted by Gasteiger charge is -2.46. The van der Waals surface area contributed by atoms with Crippen molar-refractivity contribution in [2.24, 2.45) is 5.41 Å². The van der Waals surface area contributed by atoms with Crippen LogP contribution in [0.2, 0.25) is 0 Å². The van der Waals surface area contributed by atoms with E-state index in [-0.39, 0.29) is 0 Å². The highest BCUT2D eigenvalue weighted by Gasteiger charge is 2.45. The summed E-state index contributed by atoms with van der Waals surface area (Å²) in [7, 11) is 0. The summed E-state index contributed by atoms with van der Waals surface area (Å²) in [6, 6.07) is 1.73. The topological polar surface area (TPSA) is 68.4 Å². The number of anilines is 1. The summed E-state index contributed by atoms with van der Waals surface area (Å²) in [6.07, 6.45) is 6.37. The molecule has 1 unspecified atom stereocenters. The Labute approximate surface area is 121 Å². The fourth-order valence-electron chi connectivity index (χ4n) is 3.06. The van der Waals surface area contributed by atoms with Crippen LogP contribution >= 0.6 is 0 Å². The zero-order chi connectivity index (χ0) is 14.8. The Morgan fingerprint density at radius 1 is 1.35 bits per heavy atom. The molecule has 2 rings (SSSR count). The summed E-state index contributed by atoms with van der Waals surface area (Å²) in [5.74, 6) is 0. The summed E-state index contributed by atoms with van der Waals surface area (Å²) in [5, 5.41) is 10.8. The van der Waals surface area contributed by atoms with Gasteiger partial charge in [-0.05, 0) is 44.1 Å². The normalized spacial score (nSPS) is 22.4. The van der Waals surface area contributed by atoms with Crippen molar-refractivity contribution >= 4 is 5.69 Å². The van der Waals surface area contributed by atoms with Gasteiger partial charge in [-0.1, -0.05) is 13.8 Å². The van der Waals surface area contributed by atoms with Gasteiger partial charge < -0.3 is 15.6 Å². The second-order valence-corrected chi connectivity index (χ2v) is 6.57. The van der Waals surface area contributed by atoms with Crippen LogP contribution < -0.4 is 5.73 Å². The first kappa shape index (κ1) is 15.3. The van der Waals surface area contributed by atoms with Crippen LogP contribution in [0.1, 0.15) is 58.1 Å². The van der Waals surface area contributed by atoms with Crippen LogP contribution in [0.25, 0.3) is 0 Å². The van der Waals surface area contributed by atoms with Crippen LogP contribution in [0.15, 0.2) is 18.5 Å². The minimum atomic E-state index is -0.716. The van der Waals surface area contributed by atoms with Crippen LogP contribution in [-0.4, -0.2) is 22.3 Å². The largest absolute Gasteiger partial charge is 0.398 e. The fraction of sp³-hybridized carbons (Fsp3) is 0.688. The van der Waals surface area contributed by atoms with Crippen molar-refractivity contribution in [1.82, 2.24) is 4.98 Å². The number of rotatable bonds is 4. The zero-order valence-corrected chi connectivity index (χ0v) is 12.7. The van der Waals surface area contributed by atoms with E-state index in [4.69, 9.17) is 10.5 Å². The van der Waals surface area contributed by atoms with Gasteiger partial charge in [0.2, 0.25) is 0 Å². The number of pyridine rings is 1. The fourth-order valence-corrected chi connectivity index (χ4v) is 3.06. The summed E-state index contributed by atoms with van der Waals surface area (Å²) < 4.78 is 6.00. The molecule has 1 aromatic rings. The number of nitrogens with zero attached hydrogens (tertiary/aromatic N) is 1. The van der Waals surface area contributed by atoms with Gasteiger partial charge in [0.05, 0.1) is 5.60 Å². The molecule has 112 valence electrons. The van der Waals surface area contributed by atoms with Crippen molar-refractivity contribution < 1.29 is 9.84 Å². The van der Waals surface area contributed by atoms with Crippen molar-refractivity contribution in [3.8, 4) is 0 Å². The highest BCUT2D eigenvalue weighted by molar-refractivity contribution is 5.46. The molecule has 0 bridgehead atoms. The molecular weight excluding hydrogens is 252 g/mol. The van der Waals surface area contributed by atoms with E-state index in [1.807, 2.05) is 6.92 Å². The van der Waals surface area contributed by atoms with Gasteiger partial charge in [-0.2, -0.15) is 0 Å². The monoisotopic (exact) mass is 278 g/mol. The van der Waals surface area contributed by atoms with Gasteiger partial charge in [0, 0.05) is 30.3 Å². The van der Waals surface area contributed by atoms with Gasteiger partial charge in [-0.25, -0.2) is 0 Å². The van der Waals surface area contributed by atoms with Gasteiger partial charge in [-0.3, -0.25) is 4.98 Å². The number of nitrogen functional groups attached to an aromatic ring is 1. The van der Waals surface area contributed by atoms with Crippen LogP contribution in [0.3, 0.4) is 0 Å². The summed E-state index contributed by atoms with van der Waals surface area (Å²) in [4.78, 5) is 4.09. The molecule has 0 aromatic carbocycles. The van der Waals surface area contributed by atoms with Gasteiger partial charge in [0.15, 0.2) is 0 Å². The maximum absolute atomic E-state index is 10.8. The number of ether oxygens (including phenoxy) is 1.